The molecule has 0 bridgehead atoms. The van der Waals surface area contributed by atoms with Gasteiger partial charge in [-0.1, -0.05) is 30.3 Å². The Labute approximate surface area is 180 Å². The fraction of sp³-hybridized carbons (Fsp3) is 0.333. The summed E-state index contributed by atoms with van der Waals surface area (Å²) in [5, 5.41) is 2.09. The third-order valence-electron chi connectivity index (χ3n) is 5.48. The highest BCUT2D eigenvalue weighted by Gasteiger charge is 2.36. The molecule has 2 amide bonds. The topological polar surface area (TPSA) is 53.8 Å². The average molecular weight is 423 g/mol. The van der Waals surface area contributed by atoms with Gasteiger partial charge in [-0.25, -0.2) is 0 Å². The van der Waals surface area contributed by atoms with E-state index in [1.807, 2.05) is 43.9 Å². The number of furan rings is 1. The molecule has 4 rings (SSSR count). The van der Waals surface area contributed by atoms with E-state index in [1.165, 1.54) is 16.7 Å². The number of benzene rings is 1. The van der Waals surface area contributed by atoms with Gasteiger partial charge in [0.2, 0.25) is 5.91 Å². The van der Waals surface area contributed by atoms with Gasteiger partial charge in [0.15, 0.2) is 5.76 Å². The Morgan fingerprint density at radius 3 is 2.57 bits per heavy atom. The monoisotopic (exact) mass is 422 g/mol. The van der Waals surface area contributed by atoms with E-state index in [9.17, 15) is 9.59 Å². The molecule has 2 aromatic heterocycles. The number of hydrogen-bond acceptors (Lipinski definition) is 4. The molecule has 1 aromatic carbocycles. The number of amides is 2. The van der Waals surface area contributed by atoms with Crippen LogP contribution in [0.2, 0.25) is 0 Å². The van der Waals surface area contributed by atoms with E-state index in [4.69, 9.17) is 4.42 Å². The van der Waals surface area contributed by atoms with Crippen molar-refractivity contribution in [2.24, 2.45) is 0 Å². The van der Waals surface area contributed by atoms with Crippen LogP contribution in [-0.4, -0.2) is 40.2 Å². The number of fused-ring (bicyclic) bond motifs is 1. The maximum absolute atomic E-state index is 13.5. The van der Waals surface area contributed by atoms with Crippen LogP contribution in [0.4, 0.5) is 0 Å². The third kappa shape index (κ3) is 3.92. The van der Waals surface area contributed by atoms with Crippen LogP contribution in [0.15, 0.2) is 64.6 Å². The molecular weight excluding hydrogens is 396 g/mol. The molecule has 1 aliphatic rings. The van der Waals surface area contributed by atoms with Gasteiger partial charge in [-0.15, -0.1) is 11.3 Å². The number of nitrogens with zero attached hydrogens (tertiary/aromatic N) is 2. The van der Waals surface area contributed by atoms with Gasteiger partial charge in [-0.3, -0.25) is 9.59 Å². The molecular formula is C24H26N2O3S. The first-order valence-electron chi connectivity index (χ1n) is 10.1. The number of thiophene rings is 1. The number of carbonyl (C=O) groups excluding carboxylic acids is 2. The smallest absolute Gasteiger partial charge is 0.290 e. The number of carbonyl (C=O) groups is 2. The molecule has 1 aliphatic heterocycles. The van der Waals surface area contributed by atoms with Crippen LogP contribution in [0.3, 0.4) is 0 Å². The van der Waals surface area contributed by atoms with Crippen LogP contribution < -0.4 is 0 Å². The lowest BCUT2D eigenvalue weighted by atomic mass is 9.93. The molecule has 0 radical (unpaired) electrons. The first kappa shape index (κ1) is 20.4. The van der Waals surface area contributed by atoms with Gasteiger partial charge in [0, 0.05) is 17.0 Å². The zero-order valence-corrected chi connectivity index (χ0v) is 18.3. The Kier molecular flexibility index (Phi) is 5.52. The van der Waals surface area contributed by atoms with Crippen molar-refractivity contribution in [2.45, 2.75) is 38.8 Å². The van der Waals surface area contributed by atoms with E-state index in [0.717, 1.165) is 12.0 Å². The highest BCUT2D eigenvalue weighted by Crippen LogP contribution is 2.38. The summed E-state index contributed by atoms with van der Waals surface area (Å²) in [6, 6.07) is 15.4. The Bertz CT molecular complexity index is 1020. The molecule has 6 heteroatoms. The van der Waals surface area contributed by atoms with Crippen LogP contribution >= 0.6 is 11.3 Å². The normalized spacial score (nSPS) is 16.2. The van der Waals surface area contributed by atoms with Gasteiger partial charge in [0.25, 0.3) is 5.91 Å². The third-order valence-corrected chi connectivity index (χ3v) is 6.48. The van der Waals surface area contributed by atoms with Crippen LogP contribution in [0, 0.1) is 0 Å². The van der Waals surface area contributed by atoms with E-state index < -0.39 is 5.54 Å². The molecule has 0 saturated heterocycles. The summed E-state index contributed by atoms with van der Waals surface area (Å²) in [7, 11) is 0. The second kappa shape index (κ2) is 8.11. The molecule has 5 nitrogen and oxygen atoms in total. The molecule has 0 saturated carbocycles. The van der Waals surface area contributed by atoms with Crippen molar-refractivity contribution in [2.75, 3.05) is 13.1 Å². The Balaban J connectivity index is 1.64. The molecule has 3 aromatic rings. The van der Waals surface area contributed by atoms with Gasteiger partial charge in [0.05, 0.1) is 12.3 Å². The maximum atomic E-state index is 13.5. The Hall–Kier alpha value is -2.86. The summed E-state index contributed by atoms with van der Waals surface area (Å²) in [6.07, 6.45) is 2.31. The predicted molar refractivity (Wildman–Crippen MR) is 118 cm³/mol. The molecule has 30 heavy (non-hydrogen) atoms. The molecule has 1 atom stereocenters. The minimum atomic E-state index is -0.523. The maximum Gasteiger partial charge on any atom is 0.290 e. The zero-order valence-electron chi connectivity index (χ0n) is 17.5. The summed E-state index contributed by atoms with van der Waals surface area (Å²) >= 11 is 1.74. The standard InChI is InChI=1S/C24H26N2O3S/c1-24(2,3)26(23(28)19-10-7-14-29-19)16-21(27)25-13-11-20-18(12-15-30-20)22(25)17-8-5-4-6-9-17/h4-10,12,14-15,22H,11,13,16H2,1-3H3/t22-/m0/s1. The van der Waals surface area contributed by atoms with E-state index in [0.29, 0.717) is 6.54 Å². The first-order chi connectivity index (χ1) is 14.4. The fourth-order valence-electron chi connectivity index (χ4n) is 3.95. The molecule has 0 fully saturated rings. The Morgan fingerprint density at radius 1 is 1.13 bits per heavy atom. The summed E-state index contributed by atoms with van der Waals surface area (Å²) in [5.74, 6) is -0.0861. The molecule has 0 unspecified atom stereocenters. The van der Waals surface area contributed by atoms with Crippen molar-refractivity contribution in [3.63, 3.8) is 0 Å². The van der Waals surface area contributed by atoms with E-state index in [2.05, 4.69) is 23.6 Å². The fourth-order valence-corrected chi connectivity index (χ4v) is 4.86. The lowest BCUT2D eigenvalue weighted by Gasteiger charge is -2.40. The number of rotatable bonds is 4. The quantitative estimate of drug-likeness (QED) is 0.609. The summed E-state index contributed by atoms with van der Waals surface area (Å²) < 4.78 is 5.31. The zero-order chi connectivity index (χ0) is 21.3. The first-order valence-corrected chi connectivity index (χ1v) is 11.0. The second-order valence-corrected chi connectivity index (χ2v) is 9.49. The van der Waals surface area contributed by atoms with E-state index in [-0.39, 0.29) is 30.2 Å². The lowest BCUT2D eigenvalue weighted by Crippen LogP contribution is -2.52. The molecule has 0 aliphatic carbocycles. The van der Waals surface area contributed by atoms with Crippen molar-refractivity contribution < 1.29 is 14.0 Å². The van der Waals surface area contributed by atoms with Gasteiger partial charge in [-0.2, -0.15) is 0 Å². The molecule has 3 heterocycles. The van der Waals surface area contributed by atoms with Crippen molar-refractivity contribution >= 4 is 23.2 Å². The van der Waals surface area contributed by atoms with Crippen molar-refractivity contribution in [1.29, 1.82) is 0 Å². The van der Waals surface area contributed by atoms with Gasteiger partial charge in [0.1, 0.15) is 6.54 Å². The Morgan fingerprint density at radius 2 is 1.90 bits per heavy atom. The lowest BCUT2D eigenvalue weighted by molar-refractivity contribution is -0.135. The summed E-state index contributed by atoms with van der Waals surface area (Å²) in [5.41, 5.74) is 1.75. The molecule has 156 valence electrons. The van der Waals surface area contributed by atoms with Crippen molar-refractivity contribution in [3.8, 4) is 0 Å². The van der Waals surface area contributed by atoms with Crippen molar-refractivity contribution in [3.05, 3.63) is 81.9 Å². The van der Waals surface area contributed by atoms with Crippen LogP contribution in [0.25, 0.3) is 0 Å². The van der Waals surface area contributed by atoms with Gasteiger partial charge in [-0.05, 0) is 61.9 Å². The van der Waals surface area contributed by atoms with Gasteiger partial charge >= 0.3 is 0 Å². The SMILES string of the molecule is CC(C)(C)N(CC(=O)N1CCc2sccc2[C@@H]1c1ccccc1)C(=O)c1ccco1. The minimum absolute atomic E-state index is 0.00579. The second-order valence-electron chi connectivity index (χ2n) is 8.49. The highest BCUT2D eigenvalue weighted by atomic mass is 32.1. The van der Waals surface area contributed by atoms with E-state index >= 15 is 0 Å². The largest absolute Gasteiger partial charge is 0.459 e. The molecule has 0 N–H and O–H groups in total. The molecule has 0 spiro atoms. The predicted octanol–water partition coefficient (Wildman–Crippen LogP) is 4.76. The summed E-state index contributed by atoms with van der Waals surface area (Å²) in [4.78, 5) is 31.4. The average Bonchev–Trinajstić information content (AvgIpc) is 3.42. The van der Waals surface area contributed by atoms with Gasteiger partial charge < -0.3 is 14.2 Å². The number of hydrogen-bond donors (Lipinski definition) is 0. The van der Waals surface area contributed by atoms with Crippen LogP contribution in [0.5, 0.6) is 0 Å². The van der Waals surface area contributed by atoms with Crippen LogP contribution in [0.1, 0.15) is 53.4 Å². The van der Waals surface area contributed by atoms with E-state index in [1.54, 1.807) is 28.4 Å². The highest BCUT2D eigenvalue weighted by molar-refractivity contribution is 7.10. The van der Waals surface area contributed by atoms with Crippen molar-refractivity contribution in [1.82, 2.24) is 9.80 Å². The summed E-state index contributed by atoms with van der Waals surface area (Å²) in [6.45, 7) is 6.44. The van der Waals surface area contributed by atoms with Crippen LogP contribution in [-0.2, 0) is 11.2 Å². The minimum Gasteiger partial charge on any atom is -0.459 e.